The van der Waals surface area contributed by atoms with Crippen LogP contribution in [0.3, 0.4) is 0 Å². The second-order valence-electron chi connectivity index (χ2n) is 8.79. The van der Waals surface area contributed by atoms with Gasteiger partial charge in [0.2, 0.25) is 5.91 Å². The first-order chi connectivity index (χ1) is 16.2. The Hall–Kier alpha value is -3.30. The van der Waals surface area contributed by atoms with Gasteiger partial charge in [0, 0.05) is 49.9 Å². The summed E-state index contributed by atoms with van der Waals surface area (Å²) >= 11 is 0. The smallest absolute Gasteiger partial charge is 0.238 e. The topological polar surface area (TPSA) is 82.4 Å². The minimum absolute atomic E-state index is 0.00651. The summed E-state index contributed by atoms with van der Waals surface area (Å²) in [5, 5.41) is 3.06. The van der Waals surface area contributed by atoms with Crippen LogP contribution >= 0.6 is 0 Å². The number of likely N-dealkylation sites (N-methyl/N-ethyl adjacent to an activating group) is 1. The summed E-state index contributed by atoms with van der Waals surface area (Å²) in [5.41, 5.74) is 2.93. The van der Waals surface area contributed by atoms with E-state index in [0.29, 0.717) is 6.54 Å². The Morgan fingerprint density at radius 2 is 1.88 bits per heavy atom. The fourth-order valence-electron chi connectivity index (χ4n) is 4.61. The van der Waals surface area contributed by atoms with Gasteiger partial charge in [0.1, 0.15) is 6.33 Å². The van der Waals surface area contributed by atoms with Crippen LogP contribution in [0.25, 0.3) is 5.82 Å². The van der Waals surface area contributed by atoms with Crippen LogP contribution in [0, 0.1) is 0 Å². The lowest BCUT2D eigenvalue weighted by Gasteiger charge is -2.34. The van der Waals surface area contributed by atoms with Gasteiger partial charge in [0.15, 0.2) is 5.82 Å². The van der Waals surface area contributed by atoms with E-state index in [2.05, 4.69) is 49.2 Å². The van der Waals surface area contributed by atoms with Crippen molar-refractivity contribution in [2.75, 3.05) is 56.5 Å². The zero-order valence-electron chi connectivity index (χ0n) is 19.0. The van der Waals surface area contributed by atoms with Gasteiger partial charge in [0.05, 0.1) is 30.7 Å². The Bertz CT molecular complexity index is 1060. The molecule has 2 saturated heterocycles. The van der Waals surface area contributed by atoms with Crippen molar-refractivity contribution >= 4 is 17.3 Å². The average Bonchev–Trinajstić information content (AvgIpc) is 3.53. The molecule has 0 spiro atoms. The third kappa shape index (κ3) is 5.04. The van der Waals surface area contributed by atoms with Gasteiger partial charge in [-0.25, -0.2) is 9.97 Å². The van der Waals surface area contributed by atoms with Crippen molar-refractivity contribution in [3.8, 4) is 5.82 Å². The van der Waals surface area contributed by atoms with Crippen LogP contribution in [-0.4, -0.2) is 81.5 Å². The van der Waals surface area contributed by atoms with Crippen LogP contribution in [0.4, 0.5) is 11.4 Å². The van der Waals surface area contributed by atoms with E-state index in [1.165, 1.54) is 5.69 Å². The maximum Gasteiger partial charge on any atom is 0.238 e. The zero-order chi connectivity index (χ0) is 22.6. The molecule has 1 atom stereocenters. The van der Waals surface area contributed by atoms with E-state index in [0.717, 1.165) is 62.8 Å². The molecule has 2 aromatic heterocycles. The van der Waals surface area contributed by atoms with Crippen LogP contribution in [-0.2, 0) is 4.79 Å². The summed E-state index contributed by atoms with van der Waals surface area (Å²) in [4.78, 5) is 33.0. The fraction of sp³-hybridized carbons (Fsp3) is 0.417. The number of nitrogens with zero attached hydrogens (tertiary/aromatic N) is 7. The lowest BCUT2D eigenvalue weighted by Crippen LogP contribution is -2.44. The zero-order valence-corrected chi connectivity index (χ0v) is 19.0. The quantitative estimate of drug-likeness (QED) is 0.622. The first kappa shape index (κ1) is 21.5. The van der Waals surface area contributed by atoms with E-state index >= 15 is 0 Å². The van der Waals surface area contributed by atoms with Crippen LogP contribution in [0.5, 0.6) is 0 Å². The summed E-state index contributed by atoms with van der Waals surface area (Å²) < 4.78 is 1.84. The fourth-order valence-corrected chi connectivity index (χ4v) is 4.61. The van der Waals surface area contributed by atoms with Crippen LogP contribution in [0.2, 0.25) is 0 Å². The van der Waals surface area contributed by atoms with E-state index in [-0.39, 0.29) is 11.9 Å². The van der Waals surface area contributed by atoms with E-state index in [9.17, 15) is 4.79 Å². The van der Waals surface area contributed by atoms with Gasteiger partial charge in [-0.3, -0.25) is 19.2 Å². The number of carbonyl (C=O) groups excluding carboxylic acids is 1. The molecule has 0 radical (unpaired) electrons. The lowest BCUT2D eigenvalue weighted by molar-refractivity contribution is -0.117. The number of likely N-dealkylation sites (tertiary alicyclic amines) is 1. The number of rotatable bonds is 6. The largest absolute Gasteiger partial charge is 0.369 e. The molecule has 2 fully saturated rings. The first-order valence-electron chi connectivity index (χ1n) is 11.5. The molecule has 0 saturated carbocycles. The molecule has 0 unspecified atom stereocenters. The van der Waals surface area contributed by atoms with Crippen LogP contribution in [0.1, 0.15) is 24.6 Å². The van der Waals surface area contributed by atoms with Gasteiger partial charge in [-0.05, 0) is 50.7 Å². The van der Waals surface area contributed by atoms with Crippen LogP contribution < -0.4 is 10.2 Å². The Kier molecular flexibility index (Phi) is 6.32. The summed E-state index contributed by atoms with van der Waals surface area (Å²) in [6.45, 7) is 5.42. The molecule has 9 nitrogen and oxygen atoms in total. The number of hydrogen-bond donors (Lipinski definition) is 1. The normalized spacial score (nSPS) is 19.7. The Balaban J connectivity index is 1.20. The molecule has 1 N–H and O–H groups in total. The average molecular weight is 447 g/mol. The summed E-state index contributed by atoms with van der Waals surface area (Å²) in [6.07, 6.45) is 10.8. The minimum atomic E-state index is -0.00651. The van der Waals surface area contributed by atoms with Crippen molar-refractivity contribution in [3.05, 3.63) is 61.1 Å². The highest BCUT2D eigenvalue weighted by Crippen LogP contribution is 2.30. The van der Waals surface area contributed by atoms with Crippen molar-refractivity contribution in [2.24, 2.45) is 0 Å². The predicted octanol–water partition coefficient (Wildman–Crippen LogP) is 2.19. The SMILES string of the molecule is CN1CCN(c2ccc(NC(=O)CN3CCC[C@@H]3c3cncc(-n4ccnc4)n3)cc2)CC1. The lowest BCUT2D eigenvalue weighted by atomic mass is 10.1. The monoisotopic (exact) mass is 446 g/mol. The Labute approximate surface area is 194 Å². The Morgan fingerprint density at radius 3 is 2.64 bits per heavy atom. The molecular formula is C24H30N8O. The molecule has 4 heterocycles. The van der Waals surface area contributed by atoms with Crippen molar-refractivity contribution in [2.45, 2.75) is 18.9 Å². The molecule has 5 rings (SSSR count). The summed E-state index contributed by atoms with van der Waals surface area (Å²) in [5.74, 6) is 0.731. The summed E-state index contributed by atoms with van der Waals surface area (Å²) in [7, 11) is 2.16. The number of nitrogens with one attached hydrogen (secondary N) is 1. The van der Waals surface area contributed by atoms with Gasteiger partial charge in [-0.15, -0.1) is 0 Å². The molecule has 1 amide bonds. The molecule has 0 bridgehead atoms. The number of benzene rings is 1. The molecule has 3 aromatic rings. The van der Waals surface area contributed by atoms with Gasteiger partial charge in [-0.1, -0.05) is 0 Å². The number of aromatic nitrogens is 4. The van der Waals surface area contributed by atoms with Crippen molar-refractivity contribution in [1.82, 2.24) is 29.3 Å². The second kappa shape index (κ2) is 9.68. The predicted molar refractivity (Wildman–Crippen MR) is 127 cm³/mol. The molecule has 9 heteroatoms. The standard InChI is InChI=1S/C24H30N8O/c1-29-11-13-30(14-12-29)20-6-4-19(5-7-20)27-24(33)17-31-9-2-3-22(31)21-15-26-16-23(28-21)32-10-8-25-18-32/h4-8,10,15-16,18,22H,2-3,9,11-14,17H2,1H3,(H,27,33)/t22-/m1/s1. The van der Waals surface area contributed by atoms with Crippen molar-refractivity contribution in [3.63, 3.8) is 0 Å². The van der Waals surface area contributed by atoms with Crippen molar-refractivity contribution in [1.29, 1.82) is 0 Å². The number of anilines is 2. The molecule has 172 valence electrons. The van der Waals surface area contributed by atoms with Gasteiger partial charge in [-0.2, -0.15) is 0 Å². The molecule has 0 aliphatic carbocycles. The van der Waals surface area contributed by atoms with E-state index in [1.54, 1.807) is 24.9 Å². The van der Waals surface area contributed by atoms with Gasteiger partial charge < -0.3 is 15.1 Å². The first-order valence-corrected chi connectivity index (χ1v) is 11.5. The van der Waals surface area contributed by atoms with Crippen LogP contribution in [0.15, 0.2) is 55.4 Å². The third-order valence-corrected chi connectivity index (χ3v) is 6.48. The maximum atomic E-state index is 12.8. The van der Waals surface area contributed by atoms with E-state index in [1.807, 2.05) is 22.9 Å². The second-order valence-corrected chi connectivity index (χ2v) is 8.79. The van der Waals surface area contributed by atoms with E-state index in [4.69, 9.17) is 4.98 Å². The molecule has 1 aromatic carbocycles. The highest BCUT2D eigenvalue weighted by Gasteiger charge is 2.29. The van der Waals surface area contributed by atoms with E-state index < -0.39 is 0 Å². The van der Waals surface area contributed by atoms with Crippen molar-refractivity contribution < 1.29 is 4.79 Å². The number of hydrogen-bond acceptors (Lipinski definition) is 7. The van der Waals surface area contributed by atoms with Gasteiger partial charge >= 0.3 is 0 Å². The molecule has 2 aliphatic rings. The highest BCUT2D eigenvalue weighted by atomic mass is 16.2. The highest BCUT2D eigenvalue weighted by molar-refractivity contribution is 5.92. The maximum absolute atomic E-state index is 12.8. The number of piperazine rings is 1. The third-order valence-electron chi connectivity index (χ3n) is 6.48. The Morgan fingerprint density at radius 1 is 1.06 bits per heavy atom. The number of amides is 1. The minimum Gasteiger partial charge on any atom is -0.369 e. The number of imidazole rings is 1. The summed E-state index contributed by atoms with van der Waals surface area (Å²) in [6, 6.07) is 8.26. The molecule has 2 aliphatic heterocycles. The number of carbonyl (C=O) groups is 1. The molecule has 33 heavy (non-hydrogen) atoms. The van der Waals surface area contributed by atoms with Gasteiger partial charge in [0.25, 0.3) is 0 Å². The molecular weight excluding hydrogens is 416 g/mol.